The number of hydrogen-bond donors (Lipinski definition) is 1. The van der Waals surface area contributed by atoms with E-state index in [9.17, 15) is 4.79 Å². The van der Waals surface area contributed by atoms with Gasteiger partial charge in [-0.25, -0.2) is 0 Å². The molecule has 1 aliphatic heterocycles. The quantitative estimate of drug-likeness (QED) is 0.934. The number of pyridine rings is 1. The molecule has 0 saturated carbocycles. The van der Waals surface area contributed by atoms with Gasteiger partial charge < -0.3 is 14.8 Å². The van der Waals surface area contributed by atoms with Crippen LogP contribution in [0.4, 0.5) is 5.69 Å². The summed E-state index contributed by atoms with van der Waals surface area (Å²) in [6, 6.07) is 9.90. The van der Waals surface area contributed by atoms with Crippen molar-refractivity contribution in [2.45, 2.75) is 25.9 Å². The fourth-order valence-corrected chi connectivity index (χ4v) is 3.01. The van der Waals surface area contributed by atoms with E-state index in [1.54, 1.807) is 25.6 Å². The number of carbonyl (C=O) groups is 1. The number of hydrogen-bond acceptors (Lipinski definition) is 4. The lowest BCUT2D eigenvalue weighted by Gasteiger charge is -2.31. The van der Waals surface area contributed by atoms with E-state index >= 15 is 0 Å². The molecule has 1 amide bonds. The molecule has 5 heteroatoms. The van der Waals surface area contributed by atoms with Gasteiger partial charge in [0.05, 0.1) is 25.3 Å². The first-order valence-electron chi connectivity index (χ1n) is 8.16. The van der Waals surface area contributed by atoms with Gasteiger partial charge in [-0.3, -0.25) is 9.78 Å². The van der Waals surface area contributed by atoms with Gasteiger partial charge in [0.15, 0.2) is 0 Å². The van der Waals surface area contributed by atoms with Crippen LogP contribution < -0.4 is 10.1 Å². The Morgan fingerprint density at radius 3 is 2.83 bits per heavy atom. The van der Waals surface area contributed by atoms with Gasteiger partial charge in [0.1, 0.15) is 11.4 Å². The third kappa shape index (κ3) is 3.57. The highest BCUT2D eigenvalue weighted by Crippen LogP contribution is 2.35. The predicted octanol–water partition coefficient (Wildman–Crippen LogP) is 3.51. The average Bonchev–Trinajstić information content (AvgIpc) is 2.63. The fourth-order valence-electron chi connectivity index (χ4n) is 3.01. The van der Waals surface area contributed by atoms with E-state index in [4.69, 9.17) is 9.47 Å². The second kappa shape index (κ2) is 7.45. The zero-order valence-electron chi connectivity index (χ0n) is 14.0. The van der Waals surface area contributed by atoms with Gasteiger partial charge in [0.2, 0.25) is 5.91 Å². The molecule has 1 aromatic carbocycles. The number of aromatic nitrogens is 1. The van der Waals surface area contributed by atoms with E-state index in [-0.39, 0.29) is 17.9 Å². The zero-order chi connectivity index (χ0) is 16.9. The van der Waals surface area contributed by atoms with Crippen LogP contribution in [0.3, 0.4) is 0 Å². The molecule has 5 nitrogen and oxygen atoms in total. The summed E-state index contributed by atoms with van der Waals surface area (Å²) < 4.78 is 11.2. The fraction of sp³-hybridized carbons (Fsp3) is 0.368. The Labute approximate surface area is 142 Å². The normalized spacial score (nSPS) is 20.4. The molecule has 3 rings (SSSR count). The van der Waals surface area contributed by atoms with E-state index in [0.717, 1.165) is 18.4 Å². The first kappa shape index (κ1) is 16.5. The summed E-state index contributed by atoms with van der Waals surface area (Å²) >= 11 is 0. The summed E-state index contributed by atoms with van der Waals surface area (Å²) in [6.07, 6.45) is 4.69. The maximum atomic E-state index is 12.8. The van der Waals surface area contributed by atoms with Crippen molar-refractivity contribution >= 4 is 11.6 Å². The van der Waals surface area contributed by atoms with Crippen LogP contribution in [0, 0.1) is 12.8 Å². The van der Waals surface area contributed by atoms with Gasteiger partial charge in [-0.1, -0.05) is 29.8 Å². The van der Waals surface area contributed by atoms with Crippen LogP contribution >= 0.6 is 0 Å². The number of rotatable bonds is 4. The Morgan fingerprint density at radius 1 is 1.29 bits per heavy atom. The molecular weight excluding hydrogens is 304 g/mol. The summed E-state index contributed by atoms with van der Waals surface area (Å²) in [5.41, 5.74) is 2.81. The van der Waals surface area contributed by atoms with E-state index in [1.165, 1.54) is 5.56 Å². The molecule has 2 unspecified atom stereocenters. The number of aryl methyl sites for hydroxylation is 1. The van der Waals surface area contributed by atoms with E-state index in [1.807, 2.05) is 31.2 Å². The Kier molecular flexibility index (Phi) is 5.11. The molecule has 1 fully saturated rings. The average molecular weight is 326 g/mol. The number of methoxy groups -OCH3 is 1. The Bertz CT molecular complexity index is 700. The predicted molar refractivity (Wildman–Crippen MR) is 92.0 cm³/mol. The maximum absolute atomic E-state index is 12.8. The Hall–Kier alpha value is -2.40. The second-order valence-corrected chi connectivity index (χ2v) is 6.02. The largest absolute Gasteiger partial charge is 0.494 e. The van der Waals surface area contributed by atoms with Crippen molar-refractivity contribution < 1.29 is 14.3 Å². The van der Waals surface area contributed by atoms with Crippen LogP contribution in [0.15, 0.2) is 42.7 Å². The van der Waals surface area contributed by atoms with E-state index in [2.05, 4.69) is 10.3 Å². The molecule has 1 N–H and O–H groups in total. The molecule has 1 saturated heterocycles. The number of carbonyl (C=O) groups excluding carboxylic acids is 1. The number of benzene rings is 1. The molecule has 0 aliphatic carbocycles. The van der Waals surface area contributed by atoms with E-state index < -0.39 is 0 Å². The first-order chi connectivity index (χ1) is 11.7. The highest BCUT2D eigenvalue weighted by molar-refractivity contribution is 5.94. The highest BCUT2D eigenvalue weighted by Gasteiger charge is 2.33. The first-order valence-corrected chi connectivity index (χ1v) is 8.16. The second-order valence-electron chi connectivity index (χ2n) is 6.02. The van der Waals surface area contributed by atoms with Gasteiger partial charge >= 0.3 is 0 Å². The minimum Gasteiger partial charge on any atom is -0.494 e. The molecule has 0 spiro atoms. The van der Waals surface area contributed by atoms with Crippen molar-refractivity contribution in [1.29, 1.82) is 0 Å². The van der Waals surface area contributed by atoms with Crippen LogP contribution in [0.25, 0.3) is 0 Å². The molecule has 2 atom stereocenters. The summed E-state index contributed by atoms with van der Waals surface area (Å²) in [5, 5.41) is 2.94. The molecule has 126 valence electrons. The van der Waals surface area contributed by atoms with Crippen molar-refractivity contribution in [1.82, 2.24) is 4.98 Å². The minimum atomic E-state index is -0.230. The Balaban J connectivity index is 1.79. The van der Waals surface area contributed by atoms with Crippen molar-refractivity contribution in [3.63, 3.8) is 0 Å². The van der Waals surface area contributed by atoms with Crippen LogP contribution in [0.1, 0.15) is 30.1 Å². The molecular formula is C19H22N2O3. The van der Waals surface area contributed by atoms with Gasteiger partial charge in [-0.15, -0.1) is 0 Å². The van der Waals surface area contributed by atoms with E-state index in [0.29, 0.717) is 18.0 Å². The molecule has 1 aromatic heterocycles. The highest BCUT2D eigenvalue weighted by atomic mass is 16.5. The molecule has 2 aromatic rings. The SMILES string of the molecule is COc1ccncc1NC(=O)C1CCCOC1c1ccc(C)cc1. The summed E-state index contributed by atoms with van der Waals surface area (Å²) in [5.74, 6) is 0.305. The zero-order valence-corrected chi connectivity index (χ0v) is 14.0. The lowest BCUT2D eigenvalue weighted by atomic mass is 9.88. The summed E-state index contributed by atoms with van der Waals surface area (Å²) in [4.78, 5) is 16.9. The molecule has 1 aliphatic rings. The van der Waals surface area contributed by atoms with Crippen LogP contribution in [-0.4, -0.2) is 24.6 Å². The lowest BCUT2D eigenvalue weighted by molar-refractivity contribution is -0.129. The van der Waals surface area contributed by atoms with Crippen LogP contribution in [0.2, 0.25) is 0 Å². The van der Waals surface area contributed by atoms with Gasteiger partial charge in [-0.05, 0) is 25.3 Å². The third-order valence-corrected chi connectivity index (χ3v) is 4.32. The maximum Gasteiger partial charge on any atom is 0.230 e. The van der Waals surface area contributed by atoms with Crippen molar-refractivity contribution in [3.8, 4) is 5.75 Å². The van der Waals surface area contributed by atoms with Crippen LogP contribution in [0.5, 0.6) is 5.75 Å². The molecule has 0 radical (unpaired) electrons. The van der Waals surface area contributed by atoms with Crippen molar-refractivity contribution in [2.24, 2.45) is 5.92 Å². The number of nitrogens with zero attached hydrogens (tertiary/aromatic N) is 1. The molecule has 24 heavy (non-hydrogen) atoms. The number of nitrogens with one attached hydrogen (secondary N) is 1. The number of amides is 1. The molecule has 0 bridgehead atoms. The number of ether oxygens (including phenoxy) is 2. The monoisotopic (exact) mass is 326 g/mol. The lowest BCUT2D eigenvalue weighted by Crippen LogP contribution is -2.33. The summed E-state index contributed by atoms with van der Waals surface area (Å²) in [7, 11) is 1.57. The van der Waals surface area contributed by atoms with Crippen LogP contribution in [-0.2, 0) is 9.53 Å². The van der Waals surface area contributed by atoms with Gasteiger partial charge in [0.25, 0.3) is 0 Å². The third-order valence-electron chi connectivity index (χ3n) is 4.32. The molecule has 2 heterocycles. The number of anilines is 1. The van der Waals surface area contributed by atoms with Crippen molar-refractivity contribution in [2.75, 3.05) is 19.0 Å². The van der Waals surface area contributed by atoms with Gasteiger partial charge in [-0.2, -0.15) is 0 Å². The van der Waals surface area contributed by atoms with Crippen molar-refractivity contribution in [3.05, 3.63) is 53.9 Å². The smallest absolute Gasteiger partial charge is 0.230 e. The standard InChI is InChI=1S/C19H22N2O3/c1-13-5-7-14(8-6-13)18-15(4-3-11-24-18)19(22)21-16-12-20-10-9-17(16)23-2/h5-10,12,15,18H,3-4,11H2,1-2H3,(H,21,22). The Morgan fingerprint density at radius 2 is 2.08 bits per heavy atom. The minimum absolute atomic E-state index is 0.0634. The van der Waals surface area contributed by atoms with Gasteiger partial charge in [0, 0.05) is 18.9 Å². The summed E-state index contributed by atoms with van der Waals surface area (Å²) in [6.45, 7) is 2.73. The topological polar surface area (TPSA) is 60.5 Å².